The Morgan fingerprint density at radius 2 is 1.73 bits per heavy atom. The molecule has 0 amide bonds. The molecule has 0 aliphatic carbocycles. The molecular formula is C5H12NaO4P. The van der Waals surface area contributed by atoms with Gasteiger partial charge in [-0.05, 0) is 13.8 Å². The molecule has 0 rings (SSSR count). The van der Waals surface area contributed by atoms with Crippen LogP contribution in [0.5, 0.6) is 0 Å². The average molecular weight is 190 g/mol. The Labute approximate surface area is 89.9 Å². The smallest absolute Gasteiger partial charge is 1.00 e. The molecule has 11 heavy (non-hydrogen) atoms. The molecule has 0 aromatic heterocycles. The second-order valence-electron chi connectivity index (χ2n) is 1.48. The van der Waals surface area contributed by atoms with E-state index in [1.54, 1.807) is 13.8 Å². The molecule has 0 N–H and O–H groups in total. The number of hydrogen-bond donors (Lipinski definition) is 0. The molecule has 0 aromatic carbocycles. The summed E-state index contributed by atoms with van der Waals surface area (Å²) >= 11 is 0. The third kappa shape index (κ3) is 6.02. The number of rotatable bonds is 5. The van der Waals surface area contributed by atoms with Crippen LogP contribution in [0.25, 0.3) is 0 Å². The Bertz CT molecular complexity index is 144. The summed E-state index contributed by atoms with van der Waals surface area (Å²) < 4.78 is 20.1. The van der Waals surface area contributed by atoms with E-state index >= 15 is 0 Å². The van der Waals surface area contributed by atoms with Gasteiger partial charge in [0.1, 0.15) is 0 Å². The Morgan fingerprint density at radius 1 is 1.36 bits per heavy atom. The van der Waals surface area contributed by atoms with Crippen molar-refractivity contribution in [2.24, 2.45) is 0 Å². The van der Waals surface area contributed by atoms with Gasteiger partial charge in [-0.3, -0.25) is 9.36 Å². The maximum Gasteiger partial charge on any atom is 1.00 e. The van der Waals surface area contributed by atoms with E-state index in [4.69, 9.17) is 0 Å². The van der Waals surface area contributed by atoms with E-state index in [9.17, 15) is 9.36 Å². The minimum absolute atomic E-state index is 0. The van der Waals surface area contributed by atoms with Gasteiger partial charge in [0, 0.05) is 0 Å². The van der Waals surface area contributed by atoms with E-state index in [1.165, 1.54) is 0 Å². The zero-order valence-electron chi connectivity index (χ0n) is 8.07. The van der Waals surface area contributed by atoms with Crippen LogP contribution in [-0.4, -0.2) is 19.2 Å². The summed E-state index contributed by atoms with van der Waals surface area (Å²) in [4.78, 5) is 10.1. The van der Waals surface area contributed by atoms with Crippen molar-refractivity contribution in [3.05, 3.63) is 0 Å². The van der Waals surface area contributed by atoms with Crippen molar-refractivity contribution in [3.63, 3.8) is 0 Å². The second-order valence-corrected chi connectivity index (χ2v) is 3.29. The SMILES string of the molecule is CCOP(=O)(C=O)OCC.[H-].[Na+]. The Kier molecular flexibility index (Phi) is 9.74. The van der Waals surface area contributed by atoms with Crippen LogP contribution in [0, 0.1) is 0 Å². The zero-order valence-corrected chi connectivity index (χ0v) is 9.97. The monoisotopic (exact) mass is 190 g/mol. The molecular weight excluding hydrogens is 178 g/mol. The topological polar surface area (TPSA) is 52.6 Å². The number of carbonyl (C=O) groups excluding carboxylic acids is 1. The van der Waals surface area contributed by atoms with Gasteiger partial charge in [0.05, 0.1) is 13.2 Å². The van der Waals surface area contributed by atoms with Crippen molar-refractivity contribution in [1.29, 1.82) is 0 Å². The molecule has 0 fully saturated rings. The fourth-order valence-corrected chi connectivity index (χ4v) is 1.37. The second kappa shape index (κ2) is 7.47. The molecule has 0 radical (unpaired) electrons. The summed E-state index contributed by atoms with van der Waals surface area (Å²) in [5, 5.41) is 0. The van der Waals surface area contributed by atoms with Gasteiger partial charge >= 0.3 is 37.2 Å². The Hall–Kier alpha value is 0.820. The van der Waals surface area contributed by atoms with Crippen LogP contribution < -0.4 is 29.6 Å². The van der Waals surface area contributed by atoms with E-state index in [2.05, 4.69) is 9.05 Å². The molecule has 0 saturated heterocycles. The molecule has 4 nitrogen and oxygen atoms in total. The normalized spacial score (nSPS) is 10.4. The molecule has 6 heteroatoms. The van der Waals surface area contributed by atoms with Crippen LogP contribution in [-0.2, 0) is 18.4 Å². The van der Waals surface area contributed by atoms with Gasteiger partial charge < -0.3 is 10.5 Å². The number of carbonyl (C=O) groups is 1. The predicted molar refractivity (Wildman–Crippen MR) is 38.7 cm³/mol. The molecule has 0 aliphatic heterocycles. The van der Waals surface area contributed by atoms with Crippen molar-refractivity contribution in [1.82, 2.24) is 0 Å². The van der Waals surface area contributed by atoms with Gasteiger partial charge in [0.15, 0.2) is 0 Å². The summed E-state index contributed by atoms with van der Waals surface area (Å²) in [6, 6.07) is 0.222. The first-order valence-corrected chi connectivity index (χ1v) is 4.65. The third-order valence-corrected chi connectivity index (χ3v) is 2.24. The Morgan fingerprint density at radius 3 is 1.91 bits per heavy atom. The fraction of sp³-hybridized carbons (Fsp3) is 0.800. The molecule has 0 aliphatic rings. The van der Waals surface area contributed by atoms with Gasteiger partial charge in [0.25, 0.3) is 0 Å². The summed E-state index contributed by atoms with van der Waals surface area (Å²) in [6.07, 6.45) is 0. The van der Waals surface area contributed by atoms with Crippen molar-refractivity contribution in [2.75, 3.05) is 13.2 Å². The Balaban J connectivity index is -0.000000405. The summed E-state index contributed by atoms with van der Waals surface area (Å²) in [7, 11) is -3.38. The largest absolute Gasteiger partial charge is 1.00 e. The van der Waals surface area contributed by atoms with Gasteiger partial charge in [-0.2, -0.15) is 0 Å². The summed E-state index contributed by atoms with van der Waals surface area (Å²) in [5.41, 5.74) is 0. The molecule has 0 spiro atoms. The first-order valence-electron chi connectivity index (χ1n) is 3.03. The van der Waals surface area contributed by atoms with Gasteiger partial charge in [-0.1, -0.05) is 0 Å². The molecule has 0 heterocycles. The first kappa shape index (κ1) is 14.3. The molecule has 0 saturated carbocycles. The summed E-state index contributed by atoms with van der Waals surface area (Å²) in [6.45, 7) is 3.73. The molecule has 0 bridgehead atoms. The third-order valence-electron chi connectivity index (χ3n) is 0.747. The fourth-order valence-electron chi connectivity index (χ4n) is 0.458. The van der Waals surface area contributed by atoms with Crippen LogP contribution in [0.2, 0.25) is 0 Å². The maximum atomic E-state index is 11.0. The maximum absolute atomic E-state index is 11.0. The standard InChI is InChI=1S/C5H11O4P.Na.H/c1-3-8-10(7,5-6)9-4-2;;/h5H,3-4H2,1-2H3;;/q;+1;-1. The van der Waals surface area contributed by atoms with Crippen LogP contribution in [0.15, 0.2) is 0 Å². The predicted octanol–water partition coefficient (Wildman–Crippen LogP) is -1.44. The van der Waals surface area contributed by atoms with Crippen molar-refractivity contribution in [2.45, 2.75) is 13.8 Å². The van der Waals surface area contributed by atoms with Gasteiger partial charge in [-0.25, -0.2) is 0 Å². The van der Waals surface area contributed by atoms with E-state index in [0.717, 1.165) is 0 Å². The van der Waals surface area contributed by atoms with Crippen LogP contribution >= 0.6 is 7.60 Å². The van der Waals surface area contributed by atoms with E-state index < -0.39 is 7.60 Å². The average Bonchev–Trinajstić information content (AvgIpc) is 1.89. The summed E-state index contributed by atoms with van der Waals surface area (Å²) in [5.74, 6) is 0. The van der Waals surface area contributed by atoms with E-state index in [0.29, 0.717) is 0 Å². The minimum Gasteiger partial charge on any atom is -1.00 e. The molecule has 0 unspecified atom stereocenters. The zero-order chi connectivity index (χ0) is 8.04. The molecule has 0 aromatic rings. The molecule has 62 valence electrons. The van der Waals surface area contributed by atoms with Crippen LogP contribution in [0.1, 0.15) is 15.3 Å². The van der Waals surface area contributed by atoms with Crippen molar-refractivity contribution < 1.29 is 49.4 Å². The first-order chi connectivity index (χ1) is 4.68. The van der Waals surface area contributed by atoms with Gasteiger partial charge in [-0.15, -0.1) is 0 Å². The van der Waals surface area contributed by atoms with Crippen LogP contribution in [0.3, 0.4) is 0 Å². The number of hydrogen-bond acceptors (Lipinski definition) is 4. The van der Waals surface area contributed by atoms with E-state index in [1.807, 2.05) is 0 Å². The van der Waals surface area contributed by atoms with Gasteiger partial charge in [0.2, 0.25) is 6.03 Å². The minimum atomic E-state index is -3.38. The van der Waals surface area contributed by atoms with Crippen molar-refractivity contribution >= 4 is 13.6 Å². The quantitative estimate of drug-likeness (QED) is 0.302. The van der Waals surface area contributed by atoms with Crippen molar-refractivity contribution in [3.8, 4) is 0 Å². The van der Waals surface area contributed by atoms with E-state index in [-0.39, 0.29) is 50.2 Å². The van der Waals surface area contributed by atoms with Crippen LogP contribution in [0.4, 0.5) is 0 Å². The molecule has 0 atom stereocenters.